The Morgan fingerprint density at radius 1 is 1.19 bits per heavy atom. The second-order valence-electron chi connectivity index (χ2n) is 8.63. The van der Waals surface area contributed by atoms with Crippen LogP contribution in [-0.4, -0.2) is 53.4 Å². The van der Waals surface area contributed by atoms with E-state index in [1.54, 1.807) is 6.20 Å². The minimum atomic E-state index is 0.0619. The number of aromatic nitrogens is 2. The van der Waals surface area contributed by atoms with Crippen LogP contribution >= 0.6 is 0 Å². The van der Waals surface area contributed by atoms with Crippen LogP contribution < -0.4 is 4.90 Å². The van der Waals surface area contributed by atoms with Gasteiger partial charge in [0, 0.05) is 49.7 Å². The van der Waals surface area contributed by atoms with E-state index in [1.807, 2.05) is 6.07 Å². The Hall–Kier alpha value is -2.60. The van der Waals surface area contributed by atoms with Crippen molar-refractivity contribution in [3.8, 4) is 0 Å². The summed E-state index contributed by atoms with van der Waals surface area (Å²) >= 11 is 0. The summed E-state index contributed by atoms with van der Waals surface area (Å²) in [4.78, 5) is 25.4. The van der Waals surface area contributed by atoms with Gasteiger partial charge in [-0.2, -0.15) is 0 Å². The number of rotatable bonds is 10. The molecule has 1 saturated heterocycles. The van der Waals surface area contributed by atoms with Gasteiger partial charge in [-0.3, -0.25) is 4.79 Å². The van der Waals surface area contributed by atoms with Gasteiger partial charge in [0.05, 0.1) is 6.20 Å². The van der Waals surface area contributed by atoms with E-state index < -0.39 is 0 Å². The minimum absolute atomic E-state index is 0.0619. The Balaban J connectivity index is 1.41. The molecule has 4 rings (SSSR count). The lowest BCUT2D eigenvalue weighted by Crippen LogP contribution is -2.46. The summed E-state index contributed by atoms with van der Waals surface area (Å²) in [6.45, 7) is 9.24. The lowest BCUT2D eigenvalue weighted by atomic mass is 9.89. The zero-order valence-electron chi connectivity index (χ0n) is 18.8. The number of Topliss-reactive ketones (excluding diaryl/α,β-unsaturated/α-hetero) is 1. The quantitative estimate of drug-likeness (QED) is 0.470. The molecule has 31 heavy (non-hydrogen) atoms. The number of anilines is 1. The van der Waals surface area contributed by atoms with Crippen molar-refractivity contribution in [2.45, 2.75) is 46.0 Å². The van der Waals surface area contributed by atoms with Crippen LogP contribution in [0.4, 0.5) is 6.01 Å². The monoisotopic (exact) mass is 422 g/mol. The third-order valence-corrected chi connectivity index (χ3v) is 6.48. The first-order valence-electron chi connectivity index (χ1n) is 11.7. The van der Waals surface area contributed by atoms with Gasteiger partial charge in [-0.25, -0.2) is 4.98 Å². The number of fused-ring (bicyclic) bond motifs is 1. The van der Waals surface area contributed by atoms with Crippen LogP contribution in [0.5, 0.6) is 0 Å². The summed E-state index contributed by atoms with van der Waals surface area (Å²) in [6.07, 6.45) is 8.41. The number of nitrogens with zero attached hydrogens (tertiary/aromatic N) is 3. The van der Waals surface area contributed by atoms with Crippen LogP contribution in [-0.2, 0) is 6.42 Å². The van der Waals surface area contributed by atoms with Crippen LogP contribution in [0.2, 0.25) is 0 Å². The van der Waals surface area contributed by atoms with Crippen molar-refractivity contribution >= 4 is 22.7 Å². The molecule has 1 aromatic carbocycles. The van der Waals surface area contributed by atoms with E-state index in [0.29, 0.717) is 24.1 Å². The fraction of sp³-hybridized carbons (Fsp3) is 0.520. The van der Waals surface area contributed by atoms with Crippen molar-refractivity contribution in [1.29, 1.82) is 0 Å². The summed E-state index contributed by atoms with van der Waals surface area (Å²) in [5, 5.41) is 1.25. The van der Waals surface area contributed by atoms with E-state index in [2.05, 4.69) is 58.0 Å². The van der Waals surface area contributed by atoms with Gasteiger partial charge in [-0.15, -0.1) is 0 Å². The Bertz CT molecular complexity index is 984. The lowest BCUT2D eigenvalue weighted by Gasteiger charge is -2.32. The number of piperazine rings is 1. The molecule has 0 aliphatic carbocycles. The average Bonchev–Trinajstić information content (AvgIpc) is 3.45. The predicted octanol–water partition coefficient (Wildman–Crippen LogP) is 4.92. The largest absolute Gasteiger partial charge is 0.420 e. The molecule has 2 aromatic heterocycles. The summed E-state index contributed by atoms with van der Waals surface area (Å²) in [7, 11) is 0. The normalized spacial score (nSPS) is 16.1. The van der Waals surface area contributed by atoms with Gasteiger partial charge in [0.15, 0.2) is 11.5 Å². The third kappa shape index (κ3) is 5.18. The van der Waals surface area contributed by atoms with E-state index in [9.17, 15) is 4.79 Å². The van der Waals surface area contributed by atoms with E-state index in [1.165, 1.54) is 10.9 Å². The topological polar surface area (TPSA) is 65.4 Å². The number of carbonyl (C=O) groups excluding carboxylic acids is 1. The molecule has 1 fully saturated rings. The highest BCUT2D eigenvalue weighted by Crippen LogP contribution is 2.27. The maximum atomic E-state index is 13.0. The molecule has 0 amide bonds. The first-order chi connectivity index (χ1) is 15.2. The van der Waals surface area contributed by atoms with Crippen molar-refractivity contribution in [3.05, 3.63) is 48.0 Å². The highest BCUT2D eigenvalue weighted by Gasteiger charge is 2.23. The lowest BCUT2D eigenvalue weighted by molar-refractivity contribution is 0.0931. The van der Waals surface area contributed by atoms with Gasteiger partial charge in [-0.1, -0.05) is 44.9 Å². The molecular weight excluding hydrogens is 388 g/mol. The van der Waals surface area contributed by atoms with Gasteiger partial charge in [0.2, 0.25) is 0 Å². The van der Waals surface area contributed by atoms with E-state index >= 15 is 0 Å². The molecule has 6 nitrogen and oxygen atoms in total. The molecule has 0 saturated carbocycles. The van der Waals surface area contributed by atoms with Gasteiger partial charge in [0.25, 0.3) is 6.01 Å². The smallest absolute Gasteiger partial charge is 0.297 e. The second kappa shape index (κ2) is 10.1. The molecule has 0 radical (unpaired) electrons. The van der Waals surface area contributed by atoms with Gasteiger partial charge < -0.3 is 19.2 Å². The third-order valence-electron chi connectivity index (χ3n) is 6.48. The van der Waals surface area contributed by atoms with Crippen LogP contribution in [0.1, 0.15) is 55.6 Å². The molecule has 1 aliphatic rings. The van der Waals surface area contributed by atoms with Crippen LogP contribution in [0.3, 0.4) is 0 Å². The molecule has 1 aliphatic heterocycles. The predicted molar refractivity (Wildman–Crippen MR) is 125 cm³/mol. The van der Waals surface area contributed by atoms with Gasteiger partial charge >= 0.3 is 0 Å². The van der Waals surface area contributed by atoms with Crippen molar-refractivity contribution in [2.24, 2.45) is 5.92 Å². The molecule has 3 aromatic rings. The van der Waals surface area contributed by atoms with Crippen molar-refractivity contribution in [1.82, 2.24) is 14.9 Å². The molecule has 3 heterocycles. The maximum absolute atomic E-state index is 13.0. The molecule has 0 spiro atoms. The van der Waals surface area contributed by atoms with Gasteiger partial charge in [0.1, 0.15) is 0 Å². The molecule has 1 N–H and O–H groups in total. The number of para-hydroxylation sites is 1. The molecule has 1 atom stereocenters. The highest BCUT2D eigenvalue weighted by atomic mass is 16.4. The zero-order chi connectivity index (χ0) is 21.6. The summed E-state index contributed by atoms with van der Waals surface area (Å²) in [6, 6.07) is 8.95. The minimum Gasteiger partial charge on any atom is -0.420 e. The number of hydrogen-bond donors (Lipinski definition) is 1. The number of benzene rings is 1. The summed E-state index contributed by atoms with van der Waals surface area (Å²) in [5.74, 6) is 0.758. The Morgan fingerprint density at radius 3 is 2.77 bits per heavy atom. The average molecular weight is 423 g/mol. The number of oxazole rings is 1. The number of nitrogens with one attached hydrogen (secondary N) is 1. The fourth-order valence-electron chi connectivity index (χ4n) is 4.54. The number of aromatic amines is 1. The van der Waals surface area contributed by atoms with Gasteiger partial charge in [-0.05, 0) is 36.9 Å². The molecule has 0 bridgehead atoms. The molecule has 1 unspecified atom stereocenters. The Labute approximate surface area is 184 Å². The number of likely N-dealkylation sites (N-methyl/N-ethyl adjacent to an activating group) is 1. The number of H-pyrrole nitrogens is 1. The Kier molecular flexibility index (Phi) is 7.07. The summed E-state index contributed by atoms with van der Waals surface area (Å²) < 4.78 is 5.91. The van der Waals surface area contributed by atoms with Crippen molar-refractivity contribution in [3.63, 3.8) is 0 Å². The number of ketones is 1. The standard InChI is InChI=1S/C25H34N4O2/c1-3-5-8-19(15-20-17-26-22-10-7-6-9-21(20)22)16-23(30)24-18-27-25(31-24)29-13-11-28(4-2)12-14-29/h6-7,9-10,17-19,26H,3-5,8,11-16H2,1-2H3. The maximum Gasteiger partial charge on any atom is 0.297 e. The fourth-order valence-corrected chi connectivity index (χ4v) is 4.54. The summed E-state index contributed by atoms with van der Waals surface area (Å²) in [5.41, 5.74) is 2.44. The Morgan fingerprint density at radius 2 is 2.00 bits per heavy atom. The van der Waals surface area contributed by atoms with E-state index in [4.69, 9.17) is 4.42 Å². The highest BCUT2D eigenvalue weighted by molar-refractivity contribution is 5.93. The number of carbonyl (C=O) groups is 1. The number of unbranched alkanes of at least 4 members (excludes halogenated alkanes) is 1. The van der Waals surface area contributed by atoms with E-state index in [0.717, 1.165) is 63.9 Å². The van der Waals surface area contributed by atoms with Crippen molar-refractivity contribution < 1.29 is 9.21 Å². The molecular formula is C25H34N4O2. The first-order valence-corrected chi connectivity index (χ1v) is 11.7. The molecule has 6 heteroatoms. The van der Waals surface area contributed by atoms with Crippen LogP contribution in [0.15, 0.2) is 41.1 Å². The first kappa shape index (κ1) is 21.6. The van der Waals surface area contributed by atoms with Crippen LogP contribution in [0, 0.1) is 5.92 Å². The van der Waals surface area contributed by atoms with E-state index in [-0.39, 0.29) is 5.78 Å². The SMILES string of the molecule is CCCCC(CC(=O)c1cnc(N2CCN(CC)CC2)o1)Cc1c[nH]c2ccccc12. The number of hydrogen-bond acceptors (Lipinski definition) is 5. The molecule has 166 valence electrons. The van der Waals surface area contributed by atoms with Crippen LogP contribution in [0.25, 0.3) is 10.9 Å². The second-order valence-corrected chi connectivity index (χ2v) is 8.63. The van der Waals surface area contributed by atoms with Crippen molar-refractivity contribution in [2.75, 3.05) is 37.6 Å². The zero-order valence-corrected chi connectivity index (χ0v) is 18.8.